The van der Waals surface area contributed by atoms with Gasteiger partial charge in [0.2, 0.25) is 0 Å². The van der Waals surface area contributed by atoms with Gasteiger partial charge < -0.3 is 10.6 Å². The van der Waals surface area contributed by atoms with Crippen molar-refractivity contribution in [3.63, 3.8) is 0 Å². The van der Waals surface area contributed by atoms with Crippen LogP contribution >= 0.6 is 15.9 Å². The molecule has 0 aliphatic heterocycles. The first-order valence-corrected chi connectivity index (χ1v) is 6.42. The van der Waals surface area contributed by atoms with Crippen molar-refractivity contribution < 1.29 is 4.79 Å². The van der Waals surface area contributed by atoms with Crippen LogP contribution in [-0.2, 0) is 0 Å². The highest BCUT2D eigenvalue weighted by atomic mass is 79.9. The maximum absolute atomic E-state index is 12.3. The second-order valence-electron chi connectivity index (χ2n) is 4.76. The van der Waals surface area contributed by atoms with Gasteiger partial charge in [-0.3, -0.25) is 4.79 Å². The molecule has 0 atom stereocenters. The van der Waals surface area contributed by atoms with Crippen molar-refractivity contribution in [3.05, 3.63) is 28.2 Å². The van der Waals surface area contributed by atoms with Crippen LogP contribution in [0, 0.1) is 0 Å². The number of halogens is 1. The Labute approximate surface area is 111 Å². The molecular weight excluding hydrogens is 280 g/mol. The summed E-state index contributed by atoms with van der Waals surface area (Å²) in [4.78, 5) is 14.1. The number of hydrogen-bond donors (Lipinski definition) is 1. The van der Waals surface area contributed by atoms with Crippen molar-refractivity contribution in [3.8, 4) is 0 Å². The number of nitrogens with zero attached hydrogens (tertiary/aromatic N) is 1. The Hall–Kier alpha value is -1.03. The highest BCUT2D eigenvalue weighted by Gasteiger charge is 2.27. The fourth-order valence-corrected chi connectivity index (χ4v) is 1.80. The van der Waals surface area contributed by atoms with E-state index in [1.165, 1.54) is 0 Å². The van der Waals surface area contributed by atoms with Crippen molar-refractivity contribution in [2.75, 3.05) is 12.8 Å². The molecule has 0 radical (unpaired) electrons. The van der Waals surface area contributed by atoms with Gasteiger partial charge in [0.15, 0.2) is 0 Å². The Morgan fingerprint density at radius 2 is 2.06 bits per heavy atom. The molecule has 0 unspecified atom stereocenters. The fourth-order valence-electron chi connectivity index (χ4n) is 1.42. The summed E-state index contributed by atoms with van der Waals surface area (Å²) in [7, 11) is 1.81. The summed E-state index contributed by atoms with van der Waals surface area (Å²) in [5.41, 5.74) is 6.75. The van der Waals surface area contributed by atoms with Crippen LogP contribution < -0.4 is 5.73 Å². The molecule has 0 saturated heterocycles. The molecule has 0 aliphatic carbocycles. The Morgan fingerprint density at radius 1 is 1.47 bits per heavy atom. The van der Waals surface area contributed by atoms with Crippen molar-refractivity contribution in [2.45, 2.75) is 32.7 Å². The molecule has 4 heteroatoms. The lowest BCUT2D eigenvalue weighted by molar-refractivity contribution is 0.0621. The van der Waals surface area contributed by atoms with E-state index < -0.39 is 0 Å². The summed E-state index contributed by atoms with van der Waals surface area (Å²) in [5, 5.41) is 0. The molecule has 94 valence electrons. The molecule has 0 aromatic heterocycles. The molecule has 1 amide bonds. The topological polar surface area (TPSA) is 46.3 Å². The zero-order valence-electron chi connectivity index (χ0n) is 10.7. The normalized spacial score (nSPS) is 11.4. The van der Waals surface area contributed by atoms with E-state index in [9.17, 15) is 4.79 Å². The standard InChI is InChI=1S/C13H19BrN2O/c1-5-13(2,3)16(4)12(17)10-7-6-9(14)8-11(10)15/h6-8H,5,15H2,1-4H3. The second-order valence-corrected chi connectivity index (χ2v) is 5.68. The molecule has 0 fully saturated rings. The van der Waals surface area contributed by atoms with E-state index in [0.717, 1.165) is 10.9 Å². The number of carbonyl (C=O) groups is 1. The molecule has 0 bridgehead atoms. The smallest absolute Gasteiger partial charge is 0.256 e. The number of benzene rings is 1. The maximum Gasteiger partial charge on any atom is 0.256 e. The molecule has 0 heterocycles. The Bertz CT molecular complexity index is 429. The van der Waals surface area contributed by atoms with Gasteiger partial charge in [-0.25, -0.2) is 0 Å². The molecule has 0 spiro atoms. The van der Waals surface area contributed by atoms with E-state index in [1.807, 2.05) is 27.0 Å². The minimum absolute atomic E-state index is 0.0400. The lowest BCUT2D eigenvalue weighted by Crippen LogP contribution is -2.44. The largest absolute Gasteiger partial charge is 0.398 e. The Balaban J connectivity index is 3.05. The number of carbonyl (C=O) groups excluding carboxylic acids is 1. The minimum atomic E-state index is -0.170. The molecule has 0 aliphatic rings. The molecule has 1 aromatic carbocycles. The van der Waals surface area contributed by atoms with Gasteiger partial charge >= 0.3 is 0 Å². The van der Waals surface area contributed by atoms with Crippen LogP contribution in [0.2, 0.25) is 0 Å². The van der Waals surface area contributed by atoms with Gasteiger partial charge in [-0.05, 0) is 38.5 Å². The summed E-state index contributed by atoms with van der Waals surface area (Å²) < 4.78 is 0.879. The van der Waals surface area contributed by atoms with Crippen LogP contribution in [0.25, 0.3) is 0 Å². The van der Waals surface area contributed by atoms with E-state index in [2.05, 4.69) is 22.9 Å². The van der Waals surface area contributed by atoms with Gasteiger partial charge in [0.25, 0.3) is 5.91 Å². The van der Waals surface area contributed by atoms with Crippen LogP contribution in [-0.4, -0.2) is 23.4 Å². The average molecular weight is 299 g/mol. The van der Waals surface area contributed by atoms with Crippen molar-refractivity contribution in [1.29, 1.82) is 0 Å². The molecule has 0 saturated carbocycles. The first-order chi connectivity index (χ1) is 7.79. The van der Waals surface area contributed by atoms with Crippen LogP contribution in [0.4, 0.5) is 5.69 Å². The third-order valence-corrected chi connectivity index (χ3v) is 3.82. The van der Waals surface area contributed by atoms with Gasteiger partial charge in [0.1, 0.15) is 0 Å². The third-order valence-electron chi connectivity index (χ3n) is 3.32. The lowest BCUT2D eigenvalue weighted by Gasteiger charge is -2.35. The zero-order valence-corrected chi connectivity index (χ0v) is 12.3. The van der Waals surface area contributed by atoms with Crippen molar-refractivity contribution in [1.82, 2.24) is 4.90 Å². The van der Waals surface area contributed by atoms with Gasteiger partial charge in [0, 0.05) is 22.7 Å². The summed E-state index contributed by atoms with van der Waals surface area (Å²) >= 11 is 3.33. The minimum Gasteiger partial charge on any atom is -0.398 e. The summed E-state index contributed by atoms with van der Waals surface area (Å²) in [6.07, 6.45) is 0.895. The first kappa shape index (κ1) is 14.0. The van der Waals surface area contributed by atoms with Crippen LogP contribution in [0.3, 0.4) is 0 Å². The van der Waals surface area contributed by atoms with Crippen LogP contribution in [0.5, 0.6) is 0 Å². The number of rotatable bonds is 3. The average Bonchev–Trinajstić information content (AvgIpc) is 2.27. The highest BCUT2D eigenvalue weighted by Crippen LogP contribution is 2.24. The first-order valence-electron chi connectivity index (χ1n) is 5.62. The zero-order chi connectivity index (χ0) is 13.2. The second kappa shape index (κ2) is 5.08. The number of nitrogen functional groups attached to an aromatic ring is 1. The lowest BCUT2D eigenvalue weighted by atomic mass is 9.98. The molecule has 3 nitrogen and oxygen atoms in total. The molecule has 1 rings (SSSR count). The highest BCUT2D eigenvalue weighted by molar-refractivity contribution is 9.10. The third kappa shape index (κ3) is 3.00. The van der Waals surface area contributed by atoms with E-state index in [1.54, 1.807) is 17.0 Å². The fraction of sp³-hybridized carbons (Fsp3) is 0.462. The number of nitrogens with two attached hydrogens (primary N) is 1. The molecule has 17 heavy (non-hydrogen) atoms. The summed E-state index contributed by atoms with van der Waals surface area (Å²) in [6.45, 7) is 6.15. The van der Waals surface area contributed by atoms with Crippen molar-refractivity contribution in [2.24, 2.45) is 0 Å². The number of anilines is 1. The predicted molar refractivity (Wildman–Crippen MR) is 75.0 cm³/mol. The quantitative estimate of drug-likeness (QED) is 0.871. The Kier molecular flexibility index (Phi) is 4.20. The molecular formula is C13H19BrN2O. The molecule has 2 N–H and O–H groups in total. The van der Waals surface area contributed by atoms with Crippen molar-refractivity contribution >= 4 is 27.5 Å². The Morgan fingerprint density at radius 3 is 2.53 bits per heavy atom. The number of hydrogen-bond acceptors (Lipinski definition) is 2. The van der Waals surface area contributed by atoms with Gasteiger partial charge in [-0.15, -0.1) is 0 Å². The van der Waals surface area contributed by atoms with E-state index in [0.29, 0.717) is 11.3 Å². The maximum atomic E-state index is 12.3. The SMILES string of the molecule is CCC(C)(C)N(C)C(=O)c1ccc(Br)cc1N. The van der Waals surface area contributed by atoms with Crippen LogP contribution in [0.15, 0.2) is 22.7 Å². The van der Waals surface area contributed by atoms with Crippen LogP contribution in [0.1, 0.15) is 37.6 Å². The van der Waals surface area contributed by atoms with Gasteiger partial charge in [-0.2, -0.15) is 0 Å². The van der Waals surface area contributed by atoms with E-state index in [-0.39, 0.29) is 11.4 Å². The van der Waals surface area contributed by atoms with Gasteiger partial charge in [0.05, 0.1) is 5.56 Å². The summed E-state index contributed by atoms with van der Waals surface area (Å²) in [6, 6.07) is 5.33. The monoisotopic (exact) mass is 298 g/mol. The van der Waals surface area contributed by atoms with E-state index in [4.69, 9.17) is 5.73 Å². The summed E-state index contributed by atoms with van der Waals surface area (Å²) in [5.74, 6) is -0.0400. The number of amides is 1. The molecule has 1 aromatic rings. The van der Waals surface area contributed by atoms with Gasteiger partial charge in [-0.1, -0.05) is 22.9 Å². The van der Waals surface area contributed by atoms with E-state index >= 15 is 0 Å². The predicted octanol–water partition coefficient (Wildman–Crippen LogP) is 3.29.